The molecular weight excluding hydrogens is 452 g/mol. The monoisotopic (exact) mass is 476 g/mol. The number of esters is 1. The molecule has 0 bridgehead atoms. The van der Waals surface area contributed by atoms with Gasteiger partial charge < -0.3 is 14.8 Å². The number of nitrogens with zero attached hydrogens (tertiary/aromatic N) is 2. The molecule has 2 rings (SSSR count). The van der Waals surface area contributed by atoms with Crippen molar-refractivity contribution in [1.82, 2.24) is 20.7 Å². The molecule has 28 heavy (non-hydrogen) atoms. The van der Waals surface area contributed by atoms with Crippen LogP contribution < -0.4 is 10.7 Å². The van der Waals surface area contributed by atoms with Gasteiger partial charge in [-0.2, -0.15) is 0 Å². The predicted molar refractivity (Wildman–Crippen MR) is 107 cm³/mol. The third-order valence-corrected chi connectivity index (χ3v) is 5.41. The highest BCUT2D eigenvalue weighted by molar-refractivity contribution is 9.10. The highest BCUT2D eigenvalue weighted by atomic mass is 79.9. The minimum atomic E-state index is -0.892. The van der Waals surface area contributed by atoms with Crippen LogP contribution in [0.25, 0.3) is 0 Å². The average Bonchev–Trinajstić information content (AvgIpc) is 3.03. The molecule has 1 aromatic heterocycles. The Morgan fingerprint density at radius 3 is 2.75 bits per heavy atom. The molecule has 1 aromatic rings. The van der Waals surface area contributed by atoms with Crippen LogP contribution in [-0.4, -0.2) is 59.3 Å². The van der Waals surface area contributed by atoms with Gasteiger partial charge in [-0.1, -0.05) is 0 Å². The highest BCUT2D eigenvalue weighted by Crippen LogP contribution is 2.18. The first kappa shape index (κ1) is 22.6. The Labute approximate surface area is 176 Å². The van der Waals surface area contributed by atoms with Gasteiger partial charge in [0.1, 0.15) is 22.3 Å². The normalized spacial score (nSPS) is 18.3. The summed E-state index contributed by atoms with van der Waals surface area (Å²) >= 11 is 4.66. The average molecular weight is 477 g/mol. The Bertz CT molecular complexity index is 721. The minimum Gasteiger partial charge on any atom is -0.468 e. The lowest BCUT2D eigenvalue weighted by atomic mass is 10.1. The van der Waals surface area contributed by atoms with Gasteiger partial charge in [0, 0.05) is 18.3 Å². The number of hydrogen-bond acceptors (Lipinski definition) is 8. The summed E-state index contributed by atoms with van der Waals surface area (Å²) in [5.41, 5.74) is 2.19. The maximum absolute atomic E-state index is 13.1. The zero-order chi connectivity index (χ0) is 20.9. The first-order chi connectivity index (χ1) is 13.1. The molecular formula is C17H25BrN4O5S. The van der Waals surface area contributed by atoms with Crippen molar-refractivity contribution in [2.45, 2.75) is 57.7 Å². The summed E-state index contributed by atoms with van der Waals surface area (Å²) in [6.07, 6.45) is 0.721. The van der Waals surface area contributed by atoms with Gasteiger partial charge in [0.05, 0.1) is 12.1 Å². The highest BCUT2D eigenvalue weighted by Gasteiger charge is 2.34. The zero-order valence-electron chi connectivity index (χ0n) is 16.3. The standard InChI is InChI=1S/C17H25BrN4O5S/c1-17(2,3)27-16(25)19-11(8-13-20-12(18)9-28-13)14(23)22-7-5-6-10(21-22)15(24)26-4/h9-11,21H,5-8H2,1-4H3,(H,19,25)/t10-,11-/m0/s1. The number of aromatic nitrogens is 1. The summed E-state index contributed by atoms with van der Waals surface area (Å²) in [4.78, 5) is 41.4. The van der Waals surface area contributed by atoms with Crippen LogP contribution in [0.4, 0.5) is 4.79 Å². The van der Waals surface area contributed by atoms with Crippen LogP contribution in [0.1, 0.15) is 38.6 Å². The molecule has 0 unspecified atom stereocenters. The number of carbonyl (C=O) groups is 3. The largest absolute Gasteiger partial charge is 0.468 e. The molecule has 11 heteroatoms. The second-order valence-corrected chi connectivity index (χ2v) is 9.06. The van der Waals surface area contributed by atoms with Gasteiger partial charge in [-0.05, 0) is 49.5 Å². The Morgan fingerprint density at radius 2 is 2.18 bits per heavy atom. The number of hydrazine groups is 1. The summed E-state index contributed by atoms with van der Waals surface area (Å²) in [6.45, 7) is 5.65. The van der Waals surface area contributed by atoms with Gasteiger partial charge in [0.2, 0.25) is 0 Å². The van der Waals surface area contributed by atoms with Crippen molar-refractivity contribution in [3.05, 3.63) is 15.0 Å². The minimum absolute atomic E-state index is 0.204. The third kappa shape index (κ3) is 6.71. The SMILES string of the molecule is COC(=O)[C@@H]1CCCN(C(=O)[C@H](Cc2nc(Br)cs2)NC(=O)OC(C)(C)C)N1. The first-order valence-corrected chi connectivity index (χ1v) is 10.5. The van der Waals surface area contributed by atoms with E-state index in [0.717, 1.165) is 0 Å². The Balaban J connectivity index is 2.13. The van der Waals surface area contributed by atoms with E-state index in [4.69, 9.17) is 9.47 Å². The zero-order valence-corrected chi connectivity index (χ0v) is 18.7. The van der Waals surface area contributed by atoms with Crippen LogP contribution in [0.2, 0.25) is 0 Å². The quantitative estimate of drug-likeness (QED) is 0.625. The molecule has 1 saturated heterocycles. The molecule has 1 aliphatic heterocycles. The fourth-order valence-electron chi connectivity index (χ4n) is 2.65. The second kappa shape index (κ2) is 9.66. The van der Waals surface area contributed by atoms with E-state index in [1.165, 1.54) is 23.5 Å². The van der Waals surface area contributed by atoms with Crippen LogP contribution >= 0.6 is 27.3 Å². The van der Waals surface area contributed by atoms with Crippen molar-refractivity contribution in [2.75, 3.05) is 13.7 Å². The van der Waals surface area contributed by atoms with Crippen LogP contribution in [0.3, 0.4) is 0 Å². The van der Waals surface area contributed by atoms with Crippen molar-refractivity contribution >= 4 is 45.2 Å². The lowest BCUT2D eigenvalue weighted by Gasteiger charge is -2.34. The number of hydrogen-bond donors (Lipinski definition) is 2. The summed E-state index contributed by atoms with van der Waals surface area (Å²) < 4.78 is 10.7. The van der Waals surface area contributed by atoms with Crippen molar-refractivity contribution < 1.29 is 23.9 Å². The fourth-order valence-corrected chi connectivity index (χ4v) is 3.96. The van der Waals surface area contributed by atoms with Crippen LogP contribution in [0, 0.1) is 0 Å². The topological polar surface area (TPSA) is 110 Å². The number of nitrogens with one attached hydrogen (secondary N) is 2. The number of halogens is 1. The molecule has 0 spiro atoms. The Kier molecular flexibility index (Phi) is 7.79. The Hall–Kier alpha value is -1.72. The molecule has 2 atom stereocenters. The molecule has 1 fully saturated rings. The van der Waals surface area contributed by atoms with Gasteiger partial charge in [-0.25, -0.2) is 15.2 Å². The van der Waals surface area contributed by atoms with E-state index in [1.54, 1.807) is 26.2 Å². The maximum atomic E-state index is 13.1. The molecule has 2 amide bonds. The lowest BCUT2D eigenvalue weighted by Crippen LogP contribution is -2.60. The van der Waals surface area contributed by atoms with Crippen molar-refractivity contribution in [3.63, 3.8) is 0 Å². The van der Waals surface area contributed by atoms with Crippen LogP contribution in [0.5, 0.6) is 0 Å². The molecule has 1 aliphatic rings. The summed E-state index contributed by atoms with van der Waals surface area (Å²) in [6, 6.07) is -1.49. The smallest absolute Gasteiger partial charge is 0.408 e. The molecule has 2 heterocycles. The van der Waals surface area contributed by atoms with Crippen molar-refractivity contribution in [3.8, 4) is 0 Å². The van der Waals surface area contributed by atoms with Crippen molar-refractivity contribution in [1.29, 1.82) is 0 Å². The van der Waals surface area contributed by atoms with Gasteiger partial charge in [-0.3, -0.25) is 14.6 Å². The molecule has 9 nitrogen and oxygen atoms in total. The summed E-state index contributed by atoms with van der Waals surface area (Å²) in [7, 11) is 1.30. The molecule has 156 valence electrons. The van der Waals surface area contributed by atoms with Gasteiger partial charge >= 0.3 is 12.1 Å². The van der Waals surface area contributed by atoms with Gasteiger partial charge in [0.25, 0.3) is 5.91 Å². The van der Waals surface area contributed by atoms with Crippen LogP contribution in [0.15, 0.2) is 9.98 Å². The van der Waals surface area contributed by atoms with Crippen molar-refractivity contribution in [2.24, 2.45) is 0 Å². The van der Waals surface area contributed by atoms with E-state index in [0.29, 0.717) is 29.0 Å². The van der Waals surface area contributed by atoms with E-state index >= 15 is 0 Å². The maximum Gasteiger partial charge on any atom is 0.408 e. The fraction of sp³-hybridized carbons (Fsp3) is 0.647. The molecule has 0 aliphatic carbocycles. The van der Waals surface area contributed by atoms with Gasteiger partial charge in [-0.15, -0.1) is 11.3 Å². The second-order valence-electron chi connectivity index (χ2n) is 7.30. The van der Waals surface area contributed by atoms with Crippen LogP contribution in [-0.2, 0) is 25.5 Å². The molecule has 0 radical (unpaired) electrons. The number of methoxy groups -OCH3 is 1. The van der Waals surface area contributed by atoms with E-state index < -0.39 is 29.7 Å². The number of amides is 2. The molecule has 0 aromatic carbocycles. The molecule has 0 saturated carbocycles. The van der Waals surface area contributed by atoms with E-state index in [-0.39, 0.29) is 12.3 Å². The molecule has 2 N–H and O–H groups in total. The lowest BCUT2D eigenvalue weighted by molar-refractivity contribution is -0.150. The van der Waals surface area contributed by atoms with Gasteiger partial charge in [0.15, 0.2) is 0 Å². The third-order valence-electron chi connectivity index (χ3n) is 3.83. The number of thiazole rings is 1. The predicted octanol–water partition coefficient (Wildman–Crippen LogP) is 2.01. The number of ether oxygens (including phenoxy) is 2. The number of rotatable bonds is 5. The first-order valence-electron chi connectivity index (χ1n) is 8.84. The number of alkyl carbamates (subject to hydrolysis) is 1. The van der Waals surface area contributed by atoms with E-state index in [1.807, 2.05) is 0 Å². The Morgan fingerprint density at radius 1 is 1.46 bits per heavy atom. The summed E-state index contributed by atoms with van der Waals surface area (Å²) in [5, 5.41) is 6.47. The van der Waals surface area contributed by atoms with E-state index in [2.05, 4.69) is 31.7 Å². The summed E-state index contributed by atoms with van der Waals surface area (Å²) in [5.74, 6) is -0.802. The number of carbonyl (C=O) groups excluding carboxylic acids is 3. The van der Waals surface area contributed by atoms with E-state index in [9.17, 15) is 14.4 Å².